The van der Waals surface area contributed by atoms with Gasteiger partial charge < -0.3 is 10.5 Å². The number of rotatable bonds is 5. The average molecular weight is 480 g/mol. The van der Waals surface area contributed by atoms with Crippen molar-refractivity contribution in [3.8, 4) is 22.8 Å². The van der Waals surface area contributed by atoms with Crippen molar-refractivity contribution < 1.29 is 22.7 Å². The van der Waals surface area contributed by atoms with Crippen molar-refractivity contribution in [3.05, 3.63) is 71.8 Å². The molecule has 8 nitrogen and oxygen atoms in total. The second-order valence-corrected chi connectivity index (χ2v) is 7.94. The Hall–Kier alpha value is -4.41. The van der Waals surface area contributed by atoms with Crippen LogP contribution in [0.4, 0.5) is 13.2 Å². The summed E-state index contributed by atoms with van der Waals surface area (Å²) in [6.07, 6.45) is 0.723. The van der Waals surface area contributed by atoms with E-state index in [1.165, 1.54) is 19.3 Å². The summed E-state index contributed by atoms with van der Waals surface area (Å²) in [5.74, 6) is -0.0275. The van der Waals surface area contributed by atoms with E-state index in [1.807, 2.05) is 17.4 Å². The Bertz CT molecular complexity index is 1600. The van der Waals surface area contributed by atoms with Crippen molar-refractivity contribution in [2.24, 2.45) is 12.8 Å². The maximum Gasteiger partial charge on any atom is 0.435 e. The van der Waals surface area contributed by atoms with E-state index in [-0.39, 0.29) is 16.8 Å². The molecule has 4 heterocycles. The summed E-state index contributed by atoms with van der Waals surface area (Å²) in [6, 6.07) is 10.00. The summed E-state index contributed by atoms with van der Waals surface area (Å²) in [6.45, 7) is 1.93. The first-order chi connectivity index (χ1) is 16.7. The number of aryl methyl sites for hydroxylation is 2. The lowest BCUT2D eigenvalue weighted by atomic mass is 9.99. The molecule has 5 aromatic rings. The second kappa shape index (κ2) is 8.12. The summed E-state index contributed by atoms with van der Waals surface area (Å²) in [4.78, 5) is 20.2. The third kappa shape index (κ3) is 3.94. The fourth-order valence-corrected chi connectivity index (χ4v) is 4.09. The van der Waals surface area contributed by atoms with E-state index in [0.717, 1.165) is 15.8 Å². The summed E-state index contributed by atoms with van der Waals surface area (Å²) in [5.41, 5.74) is 7.87. The van der Waals surface area contributed by atoms with E-state index in [4.69, 9.17) is 10.5 Å². The van der Waals surface area contributed by atoms with Gasteiger partial charge in [0, 0.05) is 37.1 Å². The minimum absolute atomic E-state index is 0.0932. The number of hydrogen-bond acceptors (Lipinski definition) is 5. The van der Waals surface area contributed by atoms with Crippen molar-refractivity contribution in [2.75, 3.05) is 0 Å². The molecule has 2 N–H and O–H groups in total. The molecule has 1 amide bonds. The van der Waals surface area contributed by atoms with Gasteiger partial charge in [-0.3, -0.25) is 9.20 Å². The Morgan fingerprint density at radius 3 is 2.63 bits per heavy atom. The Morgan fingerprint density at radius 2 is 1.91 bits per heavy atom. The quantitative estimate of drug-likeness (QED) is 0.391. The van der Waals surface area contributed by atoms with Gasteiger partial charge in [-0.25, -0.2) is 14.6 Å². The molecule has 0 radical (unpaired) electrons. The number of primary amides is 1. The fraction of sp³-hybridized carbons (Fsp3) is 0.167. The Balaban J connectivity index is 1.59. The molecule has 178 valence electrons. The highest BCUT2D eigenvalue weighted by molar-refractivity contribution is 5.95. The summed E-state index contributed by atoms with van der Waals surface area (Å²) < 4.78 is 49.1. The lowest BCUT2D eigenvalue weighted by Gasteiger charge is -2.13. The van der Waals surface area contributed by atoms with E-state index >= 15 is 0 Å². The highest BCUT2D eigenvalue weighted by Crippen LogP contribution is 2.36. The zero-order valence-corrected chi connectivity index (χ0v) is 18.7. The normalized spacial score (nSPS) is 11.9. The third-order valence-electron chi connectivity index (χ3n) is 5.68. The number of nitrogens with two attached hydrogens (primary N) is 1. The minimum atomic E-state index is -4.63. The monoisotopic (exact) mass is 480 g/mol. The van der Waals surface area contributed by atoms with Gasteiger partial charge in [0.1, 0.15) is 17.1 Å². The molecule has 0 aliphatic carbocycles. The van der Waals surface area contributed by atoms with Crippen molar-refractivity contribution in [2.45, 2.75) is 19.5 Å². The van der Waals surface area contributed by atoms with E-state index < -0.39 is 17.8 Å². The largest absolute Gasteiger partial charge is 0.456 e. The Morgan fingerprint density at radius 1 is 1.11 bits per heavy atom. The first-order valence-corrected chi connectivity index (χ1v) is 10.6. The summed E-state index contributed by atoms with van der Waals surface area (Å²) in [5, 5.41) is 3.40. The van der Waals surface area contributed by atoms with Gasteiger partial charge in [0.25, 0.3) is 0 Å². The molecule has 0 spiro atoms. The van der Waals surface area contributed by atoms with E-state index in [0.29, 0.717) is 29.1 Å². The number of hydrogen-bond donors (Lipinski definition) is 1. The molecule has 0 fully saturated rings. The molecule has 1 aromatic carbocycles. The number of ether oxygens (including phenoxy) is 1. The highest BCUT2D eigenvalue weighted by Gasteiger charge is 2.37. The van der Waals surface area contributed by atoms with Crippen LogP contribution >= 0.6 is 0 Å². The molecular formula is C24H19F3N6O2. The number of carbonyl (C=O) groups is 1. The molecule has 0 atom stereocenters. The van der Waals surface area contributed by atoms with Crippen molar-refractivity contribution >= 4 is 22.6 Å². The van der Waals surface area contributed by atoms with Gasteiger partial charge in [-0.1, -0.05) is 13.0 Å². The molecule has 0 aliphatic rings. The molecule has 0 saturated carbocycles. The molecule has 5 rings (SSSR count). The van der Waals surface area contributed by atoms with Crippen LogP contribution in [-0.4, -0.2) is 30.1 Å². The fourth-order valence-electron chi connectivity index (χ4n) is 4.09. The van der Waals surface area contributed by atoms with E-state index in [2.05, 4.69) is 15.1 Å². The van der Waals surface area contributed by atoms with Crippen LogP contribution in [-0.2, 0) is 19.6 Å². The summed E-state index contributed by atoms with van der Waals surface area (Å²) >= 11 is 0. The number of pyridine rings is 2. The zero-order chi connectivity index (χ0) is 24.9. The predicted molar refractivity (Wildman–Crippen MR) is 122 cm³/mol. The third-order valence-corrected chi connectivity index (χ3v) is 5.68. The van der Waals surface area contributed by atoms with Crippen molar-refractivity contribution in [3.63, 3.8) is 0 Å². The van der Waals surface area contributed by atoms with Gasteiger partial charge in [-0.2, -0.15) is 18.3 Å². The molecule has 0 unspecified atom stereocenters. The zero-order valence-electron chi connectivity index (χ0n) is 18.7. The summed E-state index contributed by atoms with van der Waals surface area (Å²) in [7, 11) is 1.40. The molecule has 35 heavy (non-hydrogen) atoms. The van der Waals surface area contributed by atoms with Crippen LogP contribution < -0.4 is 10.5 Å². The van der Waals surface area contributed by atoms with Crippen LogP contribution in [0.25, 0.3) is 27.9 Å². The highest BCUT2D eigenvalue weighted by atomic mass is 19.4. The maximum absolute atomic E-state index is 13.4. The minimum Gasteiger partial charge on any atom is -0.456 e. The first kappa shape index (κ1) is 22.4. The van der Waals surface area contributed by atoms with E-state index in [1.54, 1.807) is 36.7 Å². The van der Waals surface area contributed by atoms with Crippen LogP contribution in [0.5, 0.6) is 11.5 Å². The molecule has 0 aliphatic heterocycles. The van der Waals surface area contributed by atoms with Gasteiger partial charge >= 0.3 is 6.18 Å². The van der Waals surface area contributed by atoms with Gasteiger partial charge in [0.2, 0.25) is 5.91 Å². The van der Waals surface area contributed by atoms with Gasteiger partial charge in [0.05, 0.1) is 17.3 Å². The Kier molecular flexibility index (Phi) is 5.19. The number of imidazole rings is 1. The number of amides is 1. The number of carbonyl (C=O) groups excluding carboxylic acids is 1. The van der Waals surface area contributed by atoms with Crippen molar-refractivity contribution in [1.82, 2.24) is 24.1 Å². The van der Waals surface area contributed by atoms with Gasteiger partial charge in [-0.15, -0.1) is 0 Å². The molecular weight excluding hydrogens is 461 g/mol. The predicted octanol–water partition coefficient (Wildman–Crippen LogP) is 4.76. The van der Waals surface area contributed by atoms with E-state index in [9.17, 15) is 18.0 Å². The van der Waals surface area contributed by atoms with Gasteiger partial charge in [0.15, 0.2) is 11.3 Å². The molecule has 0 saturated heterocycles. The van der Waals surface area contributed by atoms with Crippen LogP contribution in [0.2, 0.25) is 0 Å². The van der Waals surface area contributed by atoms with Crippen LogP contribution in [0.15, 0.2) is 55.0 Å². The number of fused-ring (bicyclic) bond motifs is 2. The number of nitrogens with zero attached hydrogens (tertiary/aromatic N) is 5. The first-order valence-electron chi connectivity index (χ1n) is 10.6. The van der Waals surface area contributed by atoms with Crippen molar-refractivity contribution in [1.29, 1.82) is 0 Å². The average Bonchev–Trinajstić information content (AvgIpc) is 3.42. The lowest BCUT2D eigenvalue weighted by Crippen LogP contribution is -2.13. The standard InChI is InChI=1S/C24H19F3N6O2/c1-3-13-8-14(4-5-17(13)22(28)34)19-10-15(11-20-29-6-7-33(19)20)35-16-9-18-21(24(25,26)27)31-32(2)23(18)30-12-16/h4-12H,3H2,1-2H3,(H2,28,34). The number of halogens is 3. The topological polar surface area (TPSA) is 100 Å². The Labute approximate surface area is 196 Å². The lowest BCUT2D eigenvalue weighted by molar-refractivity contribution is -0.140. The maximum atomic E-state index is 13.4. The molecule has 0 bridgehead atoms. The molecule has 11 heteroatoms. The number of benzene rings is 1. The second-order valence-electron chi connectivity index (χ2n) is 7.94. The SMILES string of the molecule is CCc1cc(-c2cc(Oc3cnc4c(c3)c(C(F)(F)F)nn4C)cc3nccn23)ccc1C(N)=O. The van der Waals surface area contributed by atoms with Crippen LogP contribution in [0, 0.1) is 0 Å². The molecule has 4 aromatic heterocycles. The van der Waals surface area contributed by atoms with Crippen LogP contribution in [0.1, 0.15) is 28.5 Å². The van der Waals surface area contributed by atoms with Gasteiger partial charge in [-0.05, 0) is 35.7 Å². The number of aromatic nitrogens is 5. The number of alkyl halides is 3. The van der Waals surface area contributed by atoms with Crippen LogP contribution in [0.3, 0.4) is 0 Å². The smallest absolute Gasteiger partial charge is 0.435 e.